The number of hydrogen-bond donors (Lipinski definition) is 0. The number of hydrogen-bond acceptors (Lipinski definition) is 3. The van der Waals surface area contributed by atoms with Crippen LogP contribution in [0.1, 0.15) is 75.4 Å². The van der Waals surface area contributed by atoms with Crippen molar-refractivity contribution in [2.24, 2.45) is 7.05 Å². The van der Waals surface area contributed by atoms with Gasteiger partial charge in [-0.1, -0.05) is 59.7 Å². The van der Waals surface area contributed by atoms with E-state index in [0.29, 0.717) is 0 Å². The first kappa shape index (κ1) is 26.8. The molecule has 0 atom stereocenters. The summed E-state index contributed by atoms with van der Waals surface area (Å²) in [5.74, 6) is 2.40. The molecule has 0 bridgehead atoms. The van der Waals surface area contributed by atoms with E-state index in [-0.39, 0.29) is 10.8 Å². The molecule has 7 aromatic rings. The Morgan fingerprint density at radius 1 is 0.690 bits per heavy atom. The quantitative estimate of drug-likeness (QED) is 0.116. The molecule has 42 heavy (non-hydrogen) atoms. The van der Waals surface area contributed by atoms with Gasteiger partial charge in [-0.3, -0.25) is 0 Å². The predicted octanol–water partition coefficient (Wildman–Crippen LogP) is 8.50. The molecule has 0 saturated heterocycles. The Kier molecular flexibility index (Phi) is 5.39. The van der Waals surface area contributed by atoms with Crippen LogP contribution >= 0.6 is 0 Å². The van der Waals surface area contributed by atoms with Crippen LogP contribution in [0.2, 0.25) is 0 Å². The molecule has 5 heteroatoms. The number of benzene rings is 3. The number of fused-ring (bicyclic) bond motifs is 6. The van der Waals surface area contributed by atoms with Crippen molar-refractivity contribution in [3.63, 3.8) is 0 Å². The van der Waals surface area contributed by atoms with E-state index in [9.17, 15) is 0 Å². The number of aryl methyl sites for hydroxylation is 5. The Balaban J connectivity index is 1.81. The topological polar surface area (TPSA) is 47.0 Å². The minimum Gasteiger partial charge on any atom is -0.307 e. The largest absolute Gasteiger partial charge is 0.307 e. The van der Waals surface area contributed by atoms with Crippen LogP contribution in [0.15, 0.2) is 42.6 Å². The molecule has 0 amide bonds. The SMILES string of the molecule is Cc1ccc2c3c(-c4nc(C(C)(C)C)nc(C(C)(C)C)n4)cc4cc[n+](C)c5c6c(C)c(C)cc(C)c6n(c2c1)c3c45. The third-order valence-electron chi connectivity index (χ3n) is 8.97. The molecule has 3 aromatic carbocycles. The van der Waals surface area contributed by atoms with E-state index in [1.165, 1.54) is 71.3 Å². The van der Waals surface area contributed by atoms with Crippen molar-refractivity contribution in [1.29, 1.82) is 0 Å². The molecule has 0 aliphatic rings. The van der Waals surface area contributed by atoms with Gasteiger partial charge in [-0.2, -0.15) is 0 Å². The molecule has 0 unspecified atom stereocenters. The summed E-state index contributed by atoms with van der Waals surface area (Å²) in [6.45, 7) is 22.0. The van der Waals surface area contributed by atoms with Gasteiger partial charge in [0.1, 0.15) is 18.7 Å². The van der Waals surface area contributed by atoms with E-state index < -0.39 is 0 Å². The highest BCUT2D eigenvalue weighted by atomic mass is 15.1. The summed E-state index contributed by atoms with van der Waals surface area (Å²) in [4.78, 5) is 15.4. The molecule has 0 aliphatic carbocycles. The van der Waals surface area contributed by atoms with Crippen LogP contribution in [-0.2, 0) is 17.9 Å². The van der Waals surface area contributed by atoms with Gasteiger partial charge in [-0.15, -0.1) is 0 Å². The number of rotatable bonds is 1. The molecular weight excluding hydrogens is 514 g/mol. The van der Waals surface area contributed by atoms with E-state index in [2.05, 4.69) is 128 Å². The Hall–Kier alpha value is -4.12. The summed E-state index contributed by atoms with van der Waals surface area (Å²) in [5, 5.41) is 6.25. The number of nitrogens with zero attached hydrogens (tertiary/aromatic N) is 5. The normalized spacial score (nSPS) is 13.1. The molecule has 0 saturated carbocycles. The second kappa shape index (κ2) is 8.47. The molecule has 5 nitrogen and oxygen atoms in total. The van der Waals surface area contributed by atoms with Gasteiger partial charge in [0.15, 0.2) is 12.0 Å². The number of pyridine rings is 2. The van der Waals surface area contributed by atoms with E-state index >= 15 is 0 Å². The summed E-state index contributed by atoms with van der Waals surface area (Å²) in [7, 11) is 2.18. The van der Waals surface area contributed by atoms with Gasteiger partial charge in [0.2, 0.25) is 5.52 Å². The first-order valence-electron chi connectivity index (χ1n) is 15.0. The lowest BCUT2D eigenvalue weighted by Gasteiger charge is -2.23. The van der Waals surface area contributed by atoms with Crippen LogP contribution in [0.5, 0.6) is 0 Å². The Morgan fingerprint density at radius 3 is 2.00 bits per heavy atom. The number of aromatic nitrogens is 5. The fraction of sp³-hybridized carbons (Fsp3) is 0.351. The second-order valence-electron chi connectivity index (χ2n) is 14.4. The predicted molar refractivity (Wildman–Crippen MR) is 175 cm³/mol. The van der Waals surface area contributed by atoms with E-state index in [0.717, 1.165) is 23.0 Å². The summed E-state index contributed by atoms with van der Waals surface area (Å²) in [5.41, 5.74) is 10.8. The highest BCUT2D eigenvalue weighted by molar-refractivity contribution is 6.30. The van der Waals surface area contributed by atoms with Crippen LogP contribution in [-0.4, -0.2) is 19.4 Å². The molecule has 0 aliphatic heterocycles. The summed E-state index contributed by atoms with van der Waals surface area (Å²) < 4.78 is 4.83. The van der Waals surface area contributed by atoms with Crippen molar-refractivity contribution < 1.29 is 4.57 Å². The van der Waals surface area contributed by atoms with Gasteiger partial charge in [0, 0.05) is 33.2 Å². The molecule has 212 valence electrons. The van der Waals surface area contributed by atoms with Gasteiger partial charge < -0.3 is 4.40 Å². The highest BCUT2D eigenvalue weighted by Gasteiger charge is 2.30. The average molecular weight is 555 g/mol. The van der Waals surface area contributed by atoms with Crippen LogP contribution < -0.4 is 4.57 Å². The lowest BCUT2D eigenvalue weighted by atomic mass is 9.92. The average Bonchev–Trinajstić information content (AvgIpc) is 3.24. The third kappa shape index (κ3) is 3.62. The van der Waals surface area contributed by atoms with Crippen molar-refractivity contribution in [2.45, 2.75) is 80.1 Å². The summed E-state index contributed by atoms with van der Waals surface area (Å²) in [6, 6.07) is 13.8. The van der Waals surface area contributed by atoms with Gasteiger partial charge in [-0.25, -0.2) is 19.5 Å². The Morgan fingerprint density at radius 2 is 1.36 bits per heavy atom. The first-order valence-corrected chi connectivity index (χ1v) is 15.0. The van der Waals surface area contributed by atoms with E-state index in [1.54, 1.807) is 0 Å². The van der Waals surface area contributed by atoms with Crippen molar-refractivity contribution in [1.82, 2.24) is 19.4 Å². The zero-order valence-electron chi connectivity index (χ0n) is 26.8. The molecule has 4 heterocycles. The van der Waals surface area contributed by atoms with Crippen molar-refractivity contribution >= 4 is 49.0 Å². The lowest BCUT2D eigenvalue weighted by molar-refractivity contribution is -0.643. The van der Waals surface area contributed by atoms with Gasteiger partial charge in [0.25, 0.3) is 0 Å². The molecule has 0 N–H and O–H groups in total. The zero-order valence-corrected chi connectivity index (χ0v) is 26.8. The second-order valence-corrected chi connectivity index (χ2v) is 14.4. The van der Waals surface area contributed by atoms with E-state index in [4.69, 9.17) is 15.0 Å². The van der Waals surface area contributed by atoms with Gasteiger partial charge in [-0.05, 0) is 67.5 Å². The molecule has 0 radical (unpaired) electrons. The third-order valence-corrected chi connectivity index (χ3v) is 8.97. The first-order chi connectivity index (χ1) is 19.7. The maximum absolute atomic E-state index is 5.19. The molecule has 4 aromatic heterocycles. The van der Waals surface area contributed by atoms with Crippen molar-refractivity contribution in [2.75, 3.05) is 0 Å². The van der Waals surface area contributed by atoms with Crippen molar-refractivity contribution in [3.05, 3.63) is 76.5 Å². The van der Waals surface area contributed by atoms with Crippen LogP contribution in [0, 0.1) is 27.7 Å². The summed E-state index contributed by atoms with van der Waals surface area (Å²) in [6.07, 6.45) is 2.20. The maximum Gasteiger partial charge on any atom is 0.224 e. The monoisotopic (exact) mass is 554 g/mol. The highest BCUT2D eigenvalue weighted by Crippen LogP contribution is 2.46. The van der Waals surface area contributed by atoms with E-state index in [1.807, 2.05) is 0 Å². The van der Waals surface area contributed by atoms with Crippen LogP contribution in [0.25, 0.3) is 60.4 Å². The Labute approximate surface area is 247 Å². The Bertz CT molecular complexity index is 2220. The van der Waals surface area contributed by atoms with Crippen LogP contribution in [0.4, 0.5) is 0 Å². The van der Waals surface area contributed by atoms with Crippen molar-refractivity contribution in [3.8, 4) is 11.4 Å². The maximum atomic E-state index is 5.19. The van der Waals surface area contributed by atoms with Gasteiger partial charge in [0.05, 0.1) is 27.3 Å². The molecule has 0 spiro atoms. The molecule has 7 rings (SSSR count). The van der Waals surface area contributed by atoms with Gasteiger partial charge >= 0.3 is 0 Å². The molecule has 0 fully saturated rings. The summed E-state index contributed by atoms with van der Waals surface area (Å²) >= 11 is 0. The minimum atomic E-state index is -0.212. The zero-order chi connectivity index (χ0) is 30.0. The molecular formula is C37H40N5+. The van der Waals surface area contributed by atoms with Crippen LogP contribution in [0.3, 0.4) is 0 Å². The fourth-order valence-electron chi connectivity index (χ4n) is 6.70. The fourth-order valence-corrected chi connectivity index (χ4v) is 6.70. The standard InChI is InChI=1S/C37H40N5/c1-19-12-13-24-26(16-19)42-30-21(3)17-20(2)22(4)27(30)31-28-23(14-15-41(31)11)18-25(29(24)32(28)42)33-38-34(36(5,6)7)40-35(39-33)37(8,9)10/h12-18H,1-11H3/q+1. The smallest absolute Gasteiger partial charge is 0.224 e. The minimum absolute atomic E-state index is 0.212. The lowest BCUT2D eigenvalue weighted by Crippen LogP contribution is -2.29.